The number of urea groups is 1. The molecule has 2 unspecified atom stereocenters. The average Bonchev–Trinajstić information content (AvgIpc) is 2.83. The lowest BCUT2D eigenvalue weighted by atomic mass is 10.0. The number of benzene rings is 1. The summed E-state index contributed by atoms with van der Waals surface area (Å²) in [4.78, 5) is 37.4. The van der Waals surface area contributed by atoms with Crippen molar-refractivity contribution in [3.8, 4) is 0 Å². The van der Waals surface area contributed by atoms with E-state index in [2.05, 4.69) is 5.32 Å². The number of hydroxylamine groups is 1. The first-order valence-corrected chi connectivity index (χ1v) is 8.07. The third-order valence-corrected chi connectivity index (χ3v) is 4.14. The van der Waals surface area contributed by atoms with Crippen LogP contribution in [0.25, 0.3) is 0 Å². The Morgan fingerprint density at radius 1 is 1.29 bits per heavy atom. The van der Waals surface area contributed by atoms with Crippen LogP contribution in [0.1, 0.15) is 32.3 Å². The summed E-state index contributed by atoms with van der Waals surface area (Å²) in [5.74, 6) is -1.50. The van der Waals surface area contributed by atoms with Crippen LogP contribution in [-0.2, 0) is 16.0 Å². The van der Waals surface area contributed by atoms with Gasteiger partial charge in [-0.25, -0.2) is 15.2 Å². The number of hydrogen-bond donors (Lipinski definition) is 3. The molecule has 1 heterocycles. The molecule has 2 rings (SSSR count). The van der Waals surface area contributed by atoms with E-state index >= 15 is 0 Å². The summed E-state index contributed by atoms with van der Waals surface area (Å²) in [6.45, 7) is 3.42. The highest BCUT2D eigenvalue weighted by Crippen LogP contribution is 2.20. The molecule has 7 nitrogen and oxygen atoms in total. The molecule has 0 radical (unpaired) electrons. The van der Waals surface area contributed by atoms with E-state index in [1.807, 2.05) is 30.3 Å². The first-order chi connectivity index (χ1) is 11.5. The first-order valence-electron chi connectivity index (χ1n) is 8.07. The van der Waals surface area contributed by atoms with Gasteiger partial charge in [0.1, 0.15) is 12.1 Å². The quantitative estimate of drug-likeness (QED) is 0.400. The molecule has 0 spiro atoms. The molecule has 1 aliphatic rings. The molecular weight excluding hydrogens is 310 g/mol. The van der Waals surface area contributed by atoms with Crippen molar-refractivity contribution in [2.24, 2.45) is 5.92 Å². The van der Waals surface area contributed by atoms with Gasteiger partial charge in [-0.2, -0.15) is 0 Å². The van der Waals surface area contributed by atoms with Crippen molar-refractivity contribution in [2.45, 2.75) is 45.2 Å². The van der Waals surface area contributed by atoms with Crippen molar-refractivity contribution < 1.29 is 19.6 Å². The van der Waals surface area contributed by atoms with E-state index in [-0.39, 0.29) is 5.92 Å². The Balaban J connectivity index is 1.98. The highest BCUT2D eigenvalue weighted by atomic mass is 16.5. The number of rotatable bonds is 7. The van der Waals surface area contributed by atoms with Gasteiger partial charge in [0.15, 0.2) is 0 Å². The molecule has 24 heavy (non-hydrogen) atoms. The molecule has 0 bridgehead atoms. The van der Waals surface area contributed by atoms with Crippen LogP contribution < -0.4 is 10.8 Å². The van der Waals surface area contributed by atoms with Crippen LogP contribution in [0.15, 0.2) is 30.3 Å². The number of aryl methyl sites for hydroxylation is 1. The van der Waals surface area contributed by atoms with E-state index < -0.39 is 29.9 Å². The van der Waals surface area contributed by atoms with Gasteiger partial charge in [-0.15, -0.1) is 0 Å². The van der Waals surface area contributed by atoms with Crippen LogP contribution in [0.3, 0.4) is 0 Å². The van der Waals surface area contributed by atoms with Crippen LogP contribution in [0.4, 0.5) is 4.79 Å². The third kappa shape index (κ3) is 3.91. The fourth-order valence-electron chi connectivity index (χ4n) is 2.95. The number of imide groups is 1. The first kappa shape index (κ1) is 17.9. The van der Waals surface area contributed by atoms with Gasteiger partial charge in [0.25, 0.3) is 11.8 Å². The molecule has 0 saturated carbocycles. The maximum atomic E-state index is 12.5. The van der Waals surface area contributed by atoms with Crippen molar-refractivity contribution in [1.82, 2.24) is 15.7 Å². The van der Waals surface area contributed by atoms with Gasteiger partial charge in [-0.05, 0) is 30.7 Å². The summed E-state index contributed by atoms with van der Waals surface area (Å²) in [5.41, 5.74) is 2.70. The Morgan fingerprint density at radius 3 is 2.54 bits per heavy atom. The SMILES string of the molecule is CC(C)C(C(=O)NO)N1C(=O)NC(CCCc2ccccc2)C1=O. The Bertz CT molecular complexity index is 603. The normalized spacial score (nSPS) is 18.7. The molecule has 7 heteroatoms. The fraction of sp³-hybridized carbons (Fsp3) is 0.471. The minimum absolute atomic E-state index is 0.310. The fourth-order valence-corrected chi connectivity index (χ4v) is 2.95. The number of carbonyl (C=O) groups is 3. The van der Waals surface area contributed by atoms with Gasteiger partial charge in [0.05, 0.1) is 0 Å². The van der Waals surface area contributed by atoms with Gasteiger partial charge in [-0.1, -0.05) is 44.2 Å². The summed E-state index contributed by atoms with van der Waals surface area (Å²) < 4.78 is 0. The molecular formula is C17H23N3O4. The Kier molecular flexibility index (Phi) is 5.92. The Hall–Kier alpha value is -2.41. The molecule has 3 N–H and O–H groups in total. The molecule has 1 aliphatic heterocycles. The van der Waals surface area contributed by atoms with Crippen molar-refractivity contribution in [1.29, 1.82) is 0 Å². The number of hydrogen-bond acceptors (Lipinski definition) is 4. The molecule has 1 fully saturated rings. The summed E-state index contributed by atoms with van der Waals surface area (Å²) in [7, 11) is 0. The van der Waals surface area contributed by atoms with Gasteiger partial charge >= 0.3 is 6.03 Å². The van der Waals surface area contributed by atoms with E-state index in [0.717, 1.165) is 17.7 Å². The average molecular weight is 333 g/mol. The van der Waals surface area contributed by atoms with Crippen LogP contribution in [0, 0.1) is 5.92 Å². The standard InChI is InChI=1S/C17H23N3O4/c1-11(2)14(15(21)19-24)20-16(22)13(18-17(20)23)10-6-9-12-7-4-3-5-8-12/h3-5,7-8,11,13-14,24H,6,9-10H2,1-2H3,(H,18,23)(H,19,21). The second-order valence-corrected chi connectivity index (χ2v) is 6.25. The number of amides is 4. The second-order valence-electron chi connectivity index (χ2n) is 6.25. The van der Waals surface area contributed by atoms with E-state index in [4.69, 9.17) is 5.21 Å². The van der Waals surface area contributed by atoms with Crippen LogP contribution in [0.5, 0.6) is 0 Å². The second kappa shape index (κ2) is 7.92. The lowest BCUT2D eigenvalue weighted by Crippen LogP contribution is -2.52. The zero-order valence-electron chi connectivity index (χ0n) is 13.9. The summed E-state index contributed by atoms with van der Waals surface area (Å²) >= 11 is 0. The summed E-state index contributed by atoms with van der Waals surface area (Å²) in [5, 5.41) is 11.5. The lowest BCUT2D eigenvalue weighted by molar-refractivity contribution is -0.142. The predicted molar refractivity (Wildman–Crippen MR) is 87.1 cm³/mol. The Morgan fingerprint density at radius 2 is 1.96 bits per heavy atom. The predicted octanol–water partition coefficient (Wildman–Crippen LogP) is 1.46. The van der Waals surface area contributed by atoms with Crippen molar-refractivity contribution in [3.63, 3.8) is 0 Å². The van der Waals surface area contributed by atoms with Crippen LogP contribution in [0.2, 0.25) is 0 Å². The number of carbonyl (C=O) groups excluding carboxylic acids is 3. The molecule has 0 aromatic heterocycles. The van der Waals surface area contributed by atoms with Crippen molar-refractivity contribution >= 4 is 17.8 Å². The van der Waals surface area contributed by atoms with E-state index in [9.17, 15) is 14.4 Å². The molecule has 0 aliphatic carbocycles. The maximum Gasteiger partial charge on any atom is 0.325 e. The van der Waals surface area contributed by atoms with Crippen LogP contribution >= 0.6 is 0 Å². The topological polar surface area (TPSA) is 98.7 Å². The van der Waals surface area contributed by atoms with Gasteiger partial charge in [0.2, 0.25) is 0 Å². The molecule has 2 atom stereocenters. The van der Waals surface area contributed by atoms with E-state index in [0.29, 0.717) is 6.42 Å². The van der Waals surface area contributed by atoms with E-state index in [1.165, 1.54) is 11.0 Å². The highest BCUT2D eigenvalue weighted by molar-refractivity contribution is 6.07. The van der Waals surface area contributed by atoms with Gasteiger partial charge < -0.3 is 5.32 Å². The van der Waals surface area contributed by atoms with E-state index in [1.54, 1.807) is 13.8 Å². The number of nitrogens with zero attached hydrogens (tertiary/aromatic N) is 1. The molecule has 130 valence electrons. The largest absolute Gasteiger partial charge is 0.326 e. The zero-order chi connectivity index (χ0) is 17.7. The summed E-state index contributed by atoms with van der Waals surface area (Å²) in [6.07, 6.45) is 2.06. The molecule has 1 aromatic carbocycles. The maximum absolute atomic E-state index is 12.5. The molecule has 1 saturated heterocycles. The minimum atomic E-state index is -1.03. The highest BCUT2D eigenvalue weighted by Gasteiger charge is 2.45. The monoisotopic (exact) mass is 333 g/mol. The zero-order valence-corrected chi connectivity index (χ0v) is 13.9. The number of nitrogens with one attached hydrogen (secondary N) is 2. The van der Waals surface area contributed by atoms with Crippen molar-refractivity contribution in [3.05, 3.63) is 35.9 Å². The lowest BCUT2D eigenvalue weighted by Gasteiger charge is -2.26. The van der Waals surface area contributed by atoms with Gasteiger partial charge in [0, 0.05) is 0 Å². The van der Waals surface area contributed by atoms with Gasteiger partial charge in [-0.3, -0.25) is 14.8 Å². The molecule has 4 amide bonds. The van der Waals surface area contributed by atoms with Crippen LogP contribution in [-0.4, -0.2) is 40.0 Å². The smallest absolute Gasteiger partial charge is 0.325 e. The summed E-state index contributed by atoms with van der Waals surface area (Å²) in [6, 6.07) is 7.65. The third-order valence-electron chi connectivity index (χ3n) is 4.14. The minimum Gasteiger partial charge on any atom is -0.326 e. The van der Waals surface area contributed by atoms with Crippen molar-refractivity contribution in [2.75, 3.05) is 0 Å². The molecule has 1 aromatic rings. The Labute approximate surface area is 141 Å².